The summed E-state index contributed by atoms with van der Waals surface area (Å²) in [6.07, 6.45) is 5.13. The Hall–Kier alpha value is -2.17. The first-order valence-corrected chi connectivity index (χ1v) is 6.71. The van der Waals surface area contributed by atoms with E-state index >= 15 is 0 Å². The summed E-state index contributed by atoms with van der Waals surface area (Å²) in [6.45, 7) is 7.22. The number of hydrogen-bond acceptors (Lipinski definition) is 3. The molecule has 5 nitrogen and oxygen atoms in total. The molecule has 2 aromatic rings. The van der Waals surface area contributed by atoms with E-state index in [9.17, 15) is 4.79 Å². The molecule has 0 unspecified atom stereocenters. The lowest BCUT2D eigenvalue weighted by Crippen LogP contribution is -2.27. The molecule has 0 spiro atoms. The maximum absolute atomic E-state index is 12.5. The number of carbonyl (C=O) groups is 1. The van der Waals surface area contributed by atoms with Crippen LogP contribution >= 0.6 is 0 Å². The molecule has 106 valence electrons. The van der Waals surface area contributed by atoms with Crippen molar-refractivity contribution in [2.45, 2.75) is 27.3 Å². The van der Waals surface area contributed by atoms with Gasteiger partial charge in [-0.1, -0.05) is 13.8 Å². The highest BCUT2D eigenvalue weighted by atomic mass is 16.2. The third kappa shape index (κ3) is 2.87. The Morgan fingerprint density at radius 2 is 2.10 bits per heavy atom. The van der Waals surface area contributed by atoms with E-state index in [2.05, 4.69) is 28.6 Å². The Morgan fingerprint density at radius 1 is 1.35 bits per heavy atom. The van der Waals surface area contributed by atoms with Crippen molar-refractivity contribution in [1.29, 1.82) is 0 Å². The fourth-order valence-corrected chi connectivity index (χ4v) is 2.15. The molecule has 0 fully saturated rings. The van der Waals surface area contributed by atoms with Crippen molar-refractivity contribution in [1.82, 2.24) is 14.8 Å². The second kappa shape index (κ2) is 5.86. The van der Waals surface area contributed by atoms with Gasteiger partial charge in [0.25, 0.3) is 5.91 Å². The van der Waals surface area contributed by atoms with Crippen LogP contribution in [0, 0.1) is 12.8 Å². The van der Waals surface area contributed by atoms with Gasteiger partial charge in [-0.3, -0.25) is 4.79 Å². The molecular formula is C15H20N4O. The summed E-state index contributed by atoms with van der Waals surface area (Å²) in [7, 11) is 1.75. The molecule has 0 radical (unpaired) electrons. The number of anilines is 1. The fraction of sp³-hybridized carbons (Fsp3) is 0.400. The van der Waals surface area contributed by atoms with E-state index in [4.69, 9.17) is 0 Å². The van der Waals surface area contributed by atoms with E-state index in [1.807, 2.05) is 19.2 Å². The predicted octanol–water partition coefficient (Wildman–Crippen LogP) is 2.52. The van der Waals surface area contributed by atoms with Crippen molar-refractivity contribution < 1.29 is 4.79 Å². The number of rotatable bonds is 4. The van der Waals surface area contributed by atoms with Gasteiger partial charge >= 0.3 is 0 Å². The molecule has 20 heavy (non-hydrogen) atoms. The minimum absolute atomic E-state index is 0.0296. The third-order valence-electron chi connectivity index (χ3n) is 3.29. The molecule has 0 bridgehead atoms. The third-order valence-corrected chi connectivity index (χ3v) is 3.29. The van der Waals surface area contributed by atoms with E-state index in [0.717, 1.165) is 23.5 Å². The molecule has 2 aromatic heterocycles. The highest BCUT2D eigenvalue weighted by Gasteiger charge is 2.18. The van der Waals surface area contributed by atoms with Crippen molar-refractivity contribution in [2.24, 2.45) is 5.92 Å². The smallest absolute Gasteiger partial charge is 0.259 e. The van der Waals surface area contributed by atoms with Gasteiger partial charge in [0.1, 0.15) is 0 Å². The summed E-state index contributed by atoms with van der Waals surface area (Å²) < 4.78 is 2.12. The standard InChI is InChI=1S/C15H20N4O/c1-11(2)10-19-8-6-14(12(19)3)15(20)18(4)13-5-7-16-17-9-13/h5-9,11H,10H2,1-4H3. The normalized spacial score (nSPS) is 10.8. The van der Waals surface area contributed by atoms with Crippen LogP contribution in [0.2, 0.25) is 0 Å². The Morgan fingerprint density at radius 3 is 2.70 bits per heavy atom. The minimum atomic E-state index is -0.0296. The number of aromatic nitrogens is 3. The van der Waals surface area contributed by atoms with E-state index in [1.165, 1.54) is 0 Å². The number of carbonyl (C=O) groups excluding carboxylic acids is 1. The van der Waals surface area contributed by atoms with Crippen molar-refractivity contribution in [2.75, 3.05) is 11.9 Å². The van der Waals surface area contributed by atoms with Gasteiger partial charge in [0.15, 0.2) is 0 Å². The summed E-state index contributed by atoms with van der Waals surface area (Å²) in [5.41, 5.74) is 2.46. The molecule has 0 aliphatic heterocycles. The minimum Gasteiger partial charge on any atom is -0.351 e. The van der Waals surface area contributed by atoms with Gasteiger partial charge in [-0.25, -0.2) is 0 Å². The molecule has 5 heteroatoms. The summed E-state index contributed by atoms with van der Waals surface area (Å²) in [5.74, 6) is 0.518. The van der Waals surface area contributed by atoms with Crippen LogP contribution < -0.4 is 4.90 Å². The highest BCUT2D eigenvalue weighted by Crippen LogP contribution is 2.17. The summed E-state index contributed by atoms with van der Waals surface area (Å²) in [6, 6.07) is 3.65. The molecule has 1 amide bonds. The number of amides is 1. The molecule has 2 heterocycles. The summed E-state index contributed by atoms with van der Waals surface area (Å²) >= 11 is 0. The number of hydrogen-bond donors (Lipinski definition) is 0. The first-order chi connectivity index (χ1) is 9.50. The van der Waals surface area contributed by atoms with Crippen LogP contribution in [0.4, 0.5) is 5.69 Å². The Bertz CT molecular complexity index is 589. The fourth-order valence-electron chi connectivity index (χ4n) is 2.15. The Labute approximate surface area is 119 Å². The molecule has 0 saturated carbocycles. The van der Waals surface area contributed by atoms with Gasteiger partial charge in [-0.05, 0) is 25.0 Å². The molecule has 0 aliphatic carbocycles. The summed E-state index contributed by atoms with van der Waals surface area (Å²) in [4.78, 5) is 14.1. The van der Waals surface area contributed by atoms with E-state index in [-0.39, 0.29) is 5.91 Å². The van der Waals surface area contributed by atoms with E-state index < -0.39 is 0 Å². The molecule has 0 saturated heterocycles. The highest BCUT2D eigenvalue weighted by molar-refractivity contribution is 6.06. The molecule has 0 atom stereocenters. The zero-order valence-corrected chi connectivity index (χ0v) is 12.4. The van der Waals surface area contributed by atoms with Crippen molar-refractivity contribution in [3.05, 3.63) is 42.0 Å². The summed E-state index contributed by atoms with van der Waals surface area (Å²) in [5, 5.41) is 7.52. The first kappa shape index (κ1) is 14.2. The van der Waals surface area contributed by atoms with Crippen molar-refractivity contribution in [3.8, 4) is 0 Å². The van der Waals surface area contributed by atoms with Gasteiger partial charge in [0.2, 0.25) is 0 Å². The average Bonchev–Trinajstić information content (AvgIpc) is 2.79. The quantitative estimate of drug-likeness (QED) is 0.859. The molecule has 0 aromatic carbocycles. The van der Waals surface area contributed by atoms with Gasteiger partial charge < -0.3 is 9.47 Å². The molecule has 2 rings (SSSR count). The molecular weight excluding hydrogens is 252 g/mol. The lowest BCUT2D eigenvalue weighted by molar-refractivity contribution is 0.0992. The SMILES string of the molecule is Cc1c(C(=O)N(C)c2ccnnc2)ccn1CC(C)C. The zero-order chi connectivity index (χ0) is 14.7. The lowest BCUT2D eigenvalue weighted by Gasteiger charge is -2.17. The Kier molecular flexibility index (Phi) is 4.17. The largest absolute Gasteiger partial charge is 0.351 e. The van der Waals surface area contributed by atoms with E-state index in [1.54, 1.807) is 30.4 Å². The van der Waals surface area contributed by atoms with Crippen LogP contribution in [0.5, 0.6) is 0 Å². The van der Waals surface area contributed by atoms with Gasteiger partial charge in [-0.15, -0.1) is 0 Å². The second-order valence-electron chi connectivity index (χ2n) is 5.33. The van der Waals surface area contributed by atoms with Gasteiger partial charge in [0, 0.05) is 25.5 Å². The van der Waals surface area contributed by atoms with Crippen molar-refractivity contribution >= 4 is 11.6 Å². The predicted molar refractivity (Wildman–Crippen MR) is 78.8 cm³/mol. The van der Waals surface area contributed by atoms with Crippen LogP contribution in [0.15, 0.2) is 30.7 Å². The van der Waals surface area contributed by atoms with Crippen LogP contribution in [0.25, 0.3) is 0 Å². The van der Waals surface area contributed by atoms with Gasteiger partial charge in [0.05, 0.1) is 23.6 Å². The van der Waals surface area contributed by atoms with Crippen LogP contribution in [-0.2, 0) is 6.54 Å². The second-order valence-corrected chi connectivity index (χ2v) is 5.33. The number of nitrogens with zero attached hydrogens (tertiary/aromatic N) is 4. The molecule has 0 N–H and O–H groups in total. The average molecular weight is 272 g/mol. The van der Waals surface area contributed by atoms with Crippen LogP contribution in [-0.4, -0.2) is 27.7 Å². The van der Waals surface area contributed by atoms with Crippen LogP contribution in [0.1, 0.15) is 29.9 Å². The zero-order valence-electron chi connectivity index (χ0n) is 12.4. The maximum atomic E-state index is 12.5. The van der Waals surface area contributed by atoms with Crippen molar-refractivity contribution in [3.63, 3.8) is 0 Å². The maximum Gasteiger partial charge on any atom is 0.259 e. The van der Waals surface area contributed by atoms with E-state index in [0.29, 0.717) is 5.92 Å². The monoisotopic (exact) mass is 272 g/mol. The first-order valence-electron chi connectivity index (χ1n) is 6.71. The molecule has 0 aliphatic rings. The van der Waals surface area contributed by atoms with Gasteiger partial charge in [-0.2, -0.15) is 10.2 Å². The topological polar surface area (TPSA) is 51.0 Å². The lowest BCUT2D eigenvalue weighted by atomic mass is 10.2. The van der Waals surface area contributed by atoms with Crippen LogP contribution in [0.3, 0.4) is 0 Å². The Balaban J connectivity index is 2.24.